The fourth-order valence-corrected chi connectivity index (χ4v) is 3.97. The number of esters is 2. The van der Waals surface area contributed by atoms with E-state index in [1.807, 2.05) is 6.92 Å². The molecule has 0 spiro atoms. The van der Waals surface area contributed by atoms with Crippen molar-refractivity contribution in [2.24, 2.45) is 0 Å². The van der Waals surface area contributed by atoms with Crippen molar-refractivity contribution in [3.05, 3.63) is 86.4 Å². The van der Waals surface area contributed by atoms with E-state index in [0.717, 1.165) is 10.9 Å². The number of ether oxygens (including phenoxy) is 3. The van der Waals surface area contributed by atoms with E-state index in [1.165, 1.54) is 47.7 Å². The molecule has 0 aliphatic heterocycles. The molecule has 0 bridgehead atoms. The van der Waals surface area contributed by atoms with Crippen LogP contribution in [0.1, 0.15) is 34.3 Å². The van der Waals surface area contributed by atoms with Crippen LogP contribution in [0.3, 0.4) is 0 Å². The molecule has 0 amide bonds. The zero-order valence-electron chi connectivity index (χ0n) is 19.3. The zero-order chi connectivity index (χ0) is 26.6. The van der Waals surface area contributed by atoms with Gasteiger partial charge in [-0.2, -0.15) is 13.2 Å². The van der Waals surface area contributed by atoms with Gasteiger partial charge in [0, 0.05) is 10.9 Å². The van der Waals surface area contributed by atoms with Crippen LogP contribution in [-0.4, -0.2) is 18.5 Å². The summed E-state index contributed by atoms with van der Waals surface area (Å²) in [7, 11) is 0. The second-order valence-corrected chi connectivity index (χ2v) is 8.77. The largest absolute Gasteiger partial charge is 0.462 e. The van der Waals surface area contributed by atoms with Crippen LogP contribution in [0.5, 0.6) is 17.2 Å². The van der Waals surface area contributed by atoms with Crippen LogP contribution >= 0.6 is 11.3 Å². The van der Waals surface area contributed by atoms with E-state index >= 15 is 0 Å². The number of hydrogen-bond acceptors (Lipinski definition) is 8. The van der Waals surface area contributed by atoms with Crippen molar-refractivity contribution in [1.29, 1.82) is 0 Å². The molecule has 0 unspecified atom stereocenters. The van der Waals surface area contributed by atoms with Gasteiger partial charge < -0.3 is 18.6 Å². The van der Waals surface area contributed by atoms with E-state index in [0.29, 0.717) is 6.42 Å². The fraction of sp³-hybridized carbons (Fsp3) is 0.192. The van der Waals surface area contributed by atoms with Crippen LogP contribution < -0.4 is 14.9 Å². The summed E-state index contributed by atoms with van der Waals surface area (Å²) in [5, 5.41) is 1.59. The van der Waals surface area contributed by atoms with E-state index in [2.05, 4.69) is 0 Å². The minimum absolute atomic E-state index is 0.0185. The fourth-order valence-electron chi connectivity index (χ4n) is 3.28. The first kappa shape index (κ1) is 26.0. The lowest BCUT2D eigenvalue weighted by Crippen LogP contribution is -2.16. The van der Waals surface area contributed by atoms with Gasteiger partial charge >= 0.3 is 18.1 Å². The van der Waals surface area contributed by atoms with Crippen molar-refractivity contribution < 1.29 is 41.4 Å². The molecular weight excluding hydrogens is 513 g/mol. The average Bonchev–Trinajstić information content (AvgIpc) is 3.36. The minimum atomic E-state index is -5.07. The van der Waals surface area contributed by atoms with Gasteiger partial charge in [-0.25, -0.2) is 4.79 Å². The highest BCUT2D eigenvalue weighted by Gasteiger charge is 2.40. The monoisotopic (exact) mass is 532 g/mol. The standard InChI is InChI=1S/C26H19F3O7S/c1-2-11-33-25(32)15-5-7-16(8-6-15)35-23-22(31)19-10-9-17(13-20(19)36-24(23)26(27,28)29)34-21(30)14-18-4-3-12-37-18/h3-10,12-13H,2,11,14H2,1H3. The second-order valence-electron chi connectivity index (χ2n) is 7.74. The second kappa shape index (κ2) is 10.9. The summed E-state index contributed by atoms with van der Waals surface area (Å²) in [6, 6.07) is 12.1. The Balaban J connectivity index is 1.63. The highest BCUT2D eigenvalue weighted by atomic mass is 32.1. The predicted octanol–water partition coefficient (Wildman–Crippen LogP) is 6.38. The molecule has 37 heavy (non-hydrogen) atoms. The maximum atomic E-state index is 13.8. The Morgan fingerprint density at radius 3 is 2.41 bits per heavy atom. The Bertz CT molecular complexity index is 1470. The molecule has 192 valence electrons. The number of halogens is 3. The van der Waals surface area contributed by atoms with Crippen LogP contribution in [-0.2, 0) is 22.1 Å². The molecule has 2 aromatic heterocycles. The topological polar surface area (TPSA) is 92.0 Å². The summed E-state index contributed by atoms with van der Waals surface area (Å²) < 4.78 is 61.9. The summed E-state index contributed by atoms with van der Waals surface area (Å²) in [6.07, 6.45) is -4.46. The van der Waals surface area contributed by atoms with E-state index < -0.39 is 40.6 Å². The van der Waals surface area contributed by atoms with Crippen molar-refractivity contribution >= 4 is 34.2 Å². The molecule has 0 saturated heterocycles. The lowest BCUT2D eigenvalue weighted by molar-refractivity contribution is -0.154. The van der Waals surface area contributed by atoms with Crippen LogP contribution in [0, 0.1) is 0 Å². The van der Waals surface area contributed by atoms with E-state index in [-0.39, 0.29) is 35.5 Å². The van der Waals surface area contributed by atoms with Gasteiger partial charge in [0.05, 0.1) is 24.0 Å². The number of benzene rings is 2. The molecule has 0 atom stereocenters. The molecule has 0 aliphatic rings. The molecular formula is C26H19F3O7S. The lowest BCUT2D eigenvalue weighted by Gasteiger charge is -2.14. The molecule has 0 N–H and O–H groups in total. The molecule has 7 nitrogen and oxygen atoms in total. The zero-order valence-corrected chi connectivity index (χ0v) is 20.1. The summed E-state index contributed by atoms with van der Waals surface area (Å²) >= 11 is 1.36. The molecule has 4 rings (SSSR count). The van der Waals surface area contributed by atoms with Gasteiger partial charge in [-0.05, 0) is 54.3 Å². The average molecular weight is 532 g/mol. The first-order valence-corrected chi connectivity index (χ1v) is 11.9. The van der Waals surface area contributed by atoms with E-state index in [1.54, 1.807) is 17.5 Å². The summed E-state index contributed by atoms with van der Waals surface area (Å²) in [5.41, 5.74) is -1.33. The molecule has 2 aromatic carbocycles. The van der Waals surface area contributed by atoms with Crippen molar-refractivity contribution in [3.8, 4) is 17.2 Å². The van der Waals surface area contributed by atoms with Crippen LogP contribution in [0.25, 0.3) is 11.0 Å². The molecule has 11 heteroatoms. The SMILES string of the molecule is CCCOC(=O)c1ccc(Oc2c(C(F)(F)F)oc3cc(OC(=O)Cc4cccs4)ccc3c2=O)cc1. The number of alkyl halides is 3. The van der Waals surface area contributed by atoms with Gasteiger partial charge in [0.25, 0.3) is 5.76 Å². The number of thiophene rings is 1. The Kier molecular flexibility index (Phi) is 7.63. The lowest BCUT2D eigenvalue weighted by atomic mass is 10.2. The molecule has 0 fully saturated rings. The van der Waals surface area contributed by atoms with Gasteiger partial charge in [-0.3, -0.25) is 9.59 Å². The van der Waals surface area contributed by atoms with Crippen LogP contribution in [0.15, 0.2) is 69.2 Å². The van der Waals surface area contributed by atoms with Gasteiger partial charge in [0.1, 0.15) is 17.1 Å². The number of hydrogen-bond donors (Lipinski definition) is 0. The Morgan fingerprint density at radius 1 is 1.03 bits per heavy atom. The summed E-state index contributed by atoms with van der Waals surface area (Å²) in [5.74, 6) is -4.14. The normalized spacial score (nSPS) is 11.4. The van der Waals surface area contributed by atoms with Crippen LogP contribution in [0.4, 0.5) is 13.2 Å². The van der Waals surface area contributed by atoms with Gasteiger partial charge in [-0.1, -0.05) is 13.0 Å². The van der Waals surface area contributed by atoms with Crippen molar-refractivity contribution in [1.82, 2.24) is 0 Å². The van der Waals surface area contributed by atoms with Gasteiger partial charge in [0.15, 0.2) is 0 Å². The van der Waals surface area contributed by atoms with Gasteiger partial charge in [0.2, 0.25) is 11.2 Å². The van der Waals surface area contributed by atoms with E-state index in [9.17, 15) is 27.6 Å². The third-order valence-corrected chi connectivity index (χ3v) is 5.83. The van der Waals surface area contributed by atoms with Crippen molar-refractivity contribution in [2.75, 3.05) is 6.61 Å². The predicted molar refractivity (Wildman–Crippen MR) is 128 cm³/mol. The Labute approximate surface area is 212 Å². The summed E-state index contributed by atoms with van der Waals surface area (Å²) in [6.45, 7) is 2.05. The van der Waals surface area contributed by atoms with Crippen LogP contribution in [0.2, 0.25) is 0 Å². The first-order chi connectivity index (χ1) is 17.7. The maximum Gasteiger partial charge on any atom is 0.453 e. The molecule has 0 saturated carbocycles. The molecule has 0 radical (unpaired) electrons. The number of rotatable bonds is 8. The van der Waals surface area contributed by atoms with Gasteiger partial charge in [-0.15, -0.1) is 11.3 Å². The smallest absolute Gasteiger partial charge is 0.453 e. The number of fused-ring (bicyclic) bond motifs is 1. The van der Waals surface area contributed by atoms with Crippen molar-refractivity contribution in [3.63, 3.8) is 0 Å². The number of carbonyl (C=O) groups excluding carboxylic acids is 2. The highest BCUT2D eigenvalue weighted by Crippen LogP contribution is 2.38. The van der Waals surface area contributed by atoms with Crippen molar-refractivity contribution in [2.45, 2.75) is 25.9 Å². The highest BCUT2D eigenvalue weighted by molar-refractivity contribution is 7.10. The molecule has 2 heterocycles. The maximum absolute atomic E-state index is 13.8. The Hall–Kier alpha value is -4.12. The molecule has 0 aliphatic carbocycles. The quantitative estimate of drug-likeness (QED) is 0.192. The minimum Gasteiger partial charge on any atom is -0.462 e. The first-order valence-electron chi connectivity index (χ1n) is 11.0. The summed E-state index contributed by atoms with van der Waals surface area (Å²) in [4.78, 5) is 37.8. The third kappa shape index (κ3) is 6.18. The Morgan fingerprint density at radius 2 is 1.76 bits per heavy atom. The number of carbonyl (C=O) groups is 2. The molecule has 4 aromatic rings. The third-order valence-electron chi connectivity index (χ3n) is 4.96. The van der Waals surface area contributed by atoms with E-state index in [4.69, 9.17) is 18.6 Å².